The van der Waals surface area contributed by atoms with Crippen LogP contribution < -0.4 is 4.74 Å². The van der Waals surface area contributed by atoms with Crippen molar-refractivity contribution in [1.82, 2.24) is 14.8 Å². The number of thioether (sulfide) groups is 1. The molecular formula is C23H19F2N3OS. The number of halogens is 2. The zero-order valence-corrected chi connectivity index (χ0v) is 17.3. The maximum atomic E-state index is 14.1. The fraction of sp³-hybridized carbons (Fsp3) is 0.130. The third-order valence-corrected chi connectivity index (χ3v) is 5.64. The van der Waals surface area contributed by atoms with Crippen molar-refractivity contribution in [3.05, 3.63) is 89.5 Å². The van der Waals surface area contributed by atoms with Gasteiger partial charge in [0.2, 0.25) is 0 Å². The molecule has 0 spiro atoms. The zero-order valence-electron chi connectivity index (χ0n) is 16.5. The Bertz CT molecular complexity index is 1140. The lowest BCUT2D eigenvalue weighted by Crippen LogP contribution is -2.01. The highest BCUT2D eigenvalue weighted by Crippen LogP contribution is 2.31. The first kappa shape index (κ1) is 20.1. The summed E-state index contributed by atoms with van der Waals surface area (Å²) in [6.07, 6.45) is 0. The normalized spacial score (nSPS) is 10.9. The first-order chi connectivity index (χ1) is 14.6. The van der Waals surface area contributed by atoms with Gasteiger partial charge in [-0.15, -0.1) is 10.2 Å². The quantitative estimate of drug-likeness (QED) is 0.366. The standard InChI is InChI=1S/C23H19F2N3OS/c1-15-6-10-17(11-7-15)28-22(16-8-12-18(29-2)13-9-16)26-27-23(28)30-14-19-20(24)4-3-5-21(19)25/h3-13H,14H2,1-2H3. The number of ether oxygens (including phenoxy) is 1. The maximum Gasteiger partial charge on any atom is 0.196 e. The molecule has 4 rings (SSSR count). The lowest BCUT2D eigenvalue weighted by molar-refractivity contribution is 0.415. The summed E-state index contributed by atoms with van der Waals surface area (Å²) in [5.74, 6) is 0.340. The fourth-order valence-electron chi connectivity index (χ4n) is 3.02. The summed E-state index contributed by atoms with van der Waals surface area (Å²) >= 11 is 1.24. The van der Waals surface area contributed by atoms with Gasteiger partial charge in [0.05, 0.1) is 7.11 Å². The Hall–Kier alpha value is -3.19. The van der Waals surface area contributed by atoms with Crippen LogP contribution in [0, 0.1) is 18.6 Å². The van der Waals surface area contributed by atoms with E-state index in [4.69, 9.17) is 4.74 Å². The van der Waals surface area contributed by atoms with Gasteiger partial charge in [-0.2, -0.15) is 0 Å². The maximum absolute atomic E-state index is 14.1. The first-order valence-corrected chi connectivity index (χ1v) is 10.3. The molecule has 0 amide bonds. The highest BCUT2D eigenvalue weighted by molar-refractivity contribution is 7.98. The van der Waals surface area contributed by atoms with Crippen LogP contribution in [0.1, 0.15) is 11.1 Å². The predicted molar refractivity (Wildman–Crippen MR) is 114 cm³/mol. The smallest absolute Gasteiger partial charge is 0.196 e. The van der Waals surface area contributed by atoms with Gasteiger partial charge >= 0.3 is 0 Å². The van der Waals surface area contributed by atoms with Crippen LogP contribution in [0.15, 0.2) is 71.9 Å². The Morgan fingerprint density at radius 2 is 1.57 bits per heavy atom. The molecule has 0 fully saturated rings. The molecule has 0 N–H and O–H groups in total. The van der Waals surface area contributed by atoms with Gasteiger partial charge in [-0.3, -0.25) is 4.57 Å². The summed E-state index contributed by atoms with van der Waals surface area (Å²) in [7, 11) is 1.61. The molecule has 0 aliphatic carbocycles. The van der Waals surface area contributed by atoms with E-state index in [1.165, 1.54) is 30.0 Å². The summed E-state index contributed by atoms with van der Waals surface area (Å²) in [5, 5.41) is 9.22. The molecule has 30 heavy (non-hydrogen) atoms. The van der Waals surface area contributed by atoms with Crippen LogP contribution >= 0.6 is 11.8 Å². The van der Waals surface area contributed by atoms with Gasteiger partial charge in [0.25, 0.3) is 0 Å². The minimum Gasteiger partial charge on any atom is -0.497 e. The van der Waals surface area contributed by atoms with Crippen LogP contribution in [0.25, 0.3) is 17.1 Å². The lowest BCUT2D eigenvalue weighted by atomic mass is 10.2. The minimum absolute atomic E-state index is 0.0203. The van der Waals surface area contributed by atoms with E-state index in [1.54, 1.807) is 7.11 Å². The molecule has 0 saturated heterocycles. The van der Waals surface area contributed by atoms with Gasteiger partial charge in [0.15, 0.2) is 11.0 Å². The molecule has 4 aromatic rings. The molecule has 1 aromatic heterocycles. The van der Waals surface area contributed by atoms with Gasteiger partial charge in [-0.1, -0.05) is 35.5 Å². The number of hydrogen-bond donors (Lipinski definition) is 0. The summed E-state index contributed by atoms with van der Waals surface area (Å²) in [6.45, 7) is 2.01. The molecule has 7 heteroatoms. The predicted octanol–water partition coefficient (Wildman–Crippen LogP) is 5.82. The monoisotopic (exact) mass is 423 g/mol. The van der Waals surface area contributed by atoms with E-state index in [9.17, 15) is 8.78 Å². The number of benzene rings is 3. The number of rotatable bonds is 6. The van der Waals surface area contributed by atoms with Crippen LogP contribution in [0.4, 0.5) is 8.78 Å². The molecule has 3 aromatic carbocycles. The first-order valence-electron chi connectivity index (χ1n) is 9.29. The average molecular weight is 423 g/mol. The van der Waals surface area contributed by atoms with Crippen LogP contribution in [0.3, 0.4) is 0 Å². The fourth-order valence-corrected chi connectivity index (χ4v) is 3.99. The number of nitrogens with zero attached hydrogens (tertiary/aromatic N) is 3. The highest BCUT2D eigenvalue weighted by atomic mass is 32.2. The third kappa shape index (κ3) is 4.07. The van der Waals surface area contributed by atoms with E-state index in [0.717, 1.165) is 22.6 Å². The molecular weight excluding hydrogens is 404 g/mol. The van der Waals surface area contributed by atoms with E-state index in [2.05, 4.69) is 10.2 Å². The Balaban J connectivity index is 1.74. The lowest BCUT2D eigenvalue weighted by Gasteiger charge is -2.11. The molecule has 0 bridgehead atoms. The molecule has 0 atom stereocenters. The van der Waals surface area contributed by atoms with Crippen molar-refractivity contribution in [2.45, 2.75) is 17.8 Å². The molecule has 0 saturated carbocycles. The van der Waals surface area contributed by atoms with Crippen molar-refractivity contribution in [3.63, 3.8) is 0 Å². The zero-order chi connectivity index (χ0) is 21.1. The Labute approximate surface area is 177 Å². The van der Waals surface area contributed by atoms with Crippen LogP contribution in [0.5, 0.6) is 5.75 Å². The highest BCUT2D eigenvalue weighted by Gasteiger charge is 2.18. The molecule has 0 radical (unpaired) electrons. The van der Waals surface area contributed by atoms with Crippen molar-refractivity contribution in [2.24, 2.45) is 0 Å². The van der Waals surface area contributed by atoms with Gasteiger partial charge < -0.3 is 4.74 Å². The van der Waals surface area contributed by atoms with Gasteiger partial charge in [0.1, 0.15) is 17.4 Å². The van der Waals surface area contributed by atoms with Crippen molar-refractivity contribution >= 4 is 11.8 Å². The summed E-state index contributed by atoms with van der Waals surface area (Å²) in [5.41, 5.74) is 2.87. The van der Waals surface area contributed by atoms with Crippen LogP contribution in [-0.2, 0) is 5.75 Å². The Morgan fingerprint density at radius 3 is 2.20 bits per heavy atom. The van der Waals surface area contributed by atoms with Gasteiger partial charge in [0, 0.05) is 22.6 Å². The van der Waals surface area contributed by atoms with Crippen molar-refractivity contribution in [3.8, 4) is 22.8 Å². The Kier molecular flexibility index (Phi) is 5.81. The largest absolute Gasteiger partial charge is 0.497 e. The van der Waals surface area contributed by atoms with E-state index in [0.29, 0.717) is 11.0 Å². The van der Waals surface area contributed by atoms with Crippen LogP contribution in [-0.4, -0.2) is 21.9 Å². The van der Waals surface area contributed by atoms with E-state index in [-0.39, 0.29) is 11.3 Å². The molecule has 152 valence electrons. The summed E-state index contributed by atoms with van der Waals surface area (Å²) in [4.78, 5) is 0. The van der Waals surface area contributed by atoms with Crippen LogP contribution in [0.2, 0.25) is 0 Å². The van der Waals surface area contributed by atoms with E-state index in [1.807, 2.05) is 60.0 Å². The number of methoxy groups -OCH3 is 1. The summed E-state index contributed by atoms with van der Waals surface area (Å²) < 4.78 is 35.2. The van der Waals surface area contributed by atoms with Gasteiger partial charge in [-0.25, -0.2) is 8.78 Å². The second-order valence-electron chi connectivity index (χ2n) is 6.69. The molecule has 1 heterocycles. The SMILES string of the molecule is COc1ccc(-c2nnc(SCc3c(F)cccc3F)n2-c2ccc(C)cc2)cc1. The second kappa shape index (κ2) is 8.67. The third-order valence-electron chi connectivity index (χ3n) is 4.68. The minimum atomic E-state index is -0.570. The number of hydrogen-bond acceptors (Lipinski definition) is 4. The molecule has 0 unspecified atom stereocenters. The van der Waals surface area contributed by atoms with Crippen molar-refractivity contribution < 1.29 is 13.5 Å². The molecule has 4 nitrogen and oxygen atoms in total. The second-order valence-corrected chi connectivity index (χ2v) is 7.64. The molecule has 0 aliphatic heterocycles. The van der Waals surface area contributed by atoms with Crippen molar-refractivity contribution in [2.75, 3.05) is 7.11 Å². The molecule has 0 aliphatic rings. The average Bonchev–Trinajstić information content (AvgIpc) is 3.18. The van der Waals surface area contributed by atoms with Gasteiger partial charge in [-0.05, 0) is 55.5 Å². The number of aromatic nitrogens is 3. The van der Waals surface area contributed by atoms with Crippen molar-refractivity contribution in [1.29, 1.82) is 0 Å². The van der Waals surface area contributed by atoms with E-state index < -0.39 is 11.6 Å². The topological polar surface area (TPSA) is 39.9 Å². The Morgan fingerprint density at radius 1 is 0.900 bits per heavy atom. The number of aryl methyl sites for hydroxylation is 1. The summed E-state index contributed by atoms with van der Waals surface area (Å²) in [6, 6.07) is 19.3. The van der Waals surface area contributed by atoms with E-state index >= 15 is 0 Å².